The molecule has 1 atom stereocenters. The summed E-state index contributed by atoms with van der Waals surface area (Å²) >= 11 is 1.77. The molecule has 0 spiro atoms. The molecule has 1 rings (SSSR count). The number of thioether (sulfide) groups is 1. The lowest BCUT2D eigenvalue weighted by Crippen LogP contribution is -2.11. The smallest absolute Gasteiger partial charge is 0.0910 e. The van der Waals surface area contributed by atoms with E-state index in [4.69, 9.17) is 0 Å². The molecule has 15 heavy (non-hydrogen) atoms. The fourth-order valence-electron chi connectivity index (χ4n) is 1.15. The molecule has 1 heterocycles. The second kappa shape index (κ2) is 5.03. The van der Waals surface area contributed by atoms with Gasteiger partial charge in [0.1, 0.15) is 0 Å². The van der Waals surface area contributed by atoms with Crippen molar-refractivity contribution < 1.29 is 5.11 Å². The molecular weight excluding hydrogens is 208 g/mol. The Morgan fingerprint density at radius 1 is 1.53 bits per heavy atom. The van der Waals surface area contributed by atoms with E-state index >= 15 is 0 Å². The molecule has 0 aliphatic carbocycles. The Kier molecular flexibility index (Phi) is 4.22. The summed E-state index contributed by atoms with van der Waals surface area (Å²) in [7, 11) is 0. The molecule has 1 N–H and O–H groups in total. The van der Waals surface area contributed by atoms with Gasteiger partial charge in [0.25, 0.3) is 0 Å². The zero-order valence-electron chi connectivity index (χ0n) is 9.90. The molecule has 0 aliphatic heterocycles. The molecule has 0 fully saturated rings. The van der Waals surface area contributed by atoms with Gasteiger partial charge >= 0.3 is 0 Å². The number of nitrogens with zero attached hydrogens (tertiary/aromatic N) is 2. The molecule has 4 heteroatoms. The molecule has 0 aliphatic rings. The van der Waals surface area contributed by atoms with Gasteiger partial charge in [0.05, 0.1) is 12.3 Å². The Morgan fingerprint density at radius 3 is 2.67 bits per heavy atom. The van der Waals surface area contributed by atoms with Crippen LogP contribution in [0.2, 0.25) is 0 Å². The highest BCUT2D eigenvalue weighted by Crippen LogP contribution is 2.28. The quantitative estimate of drug-likeness (QED) is 0.860. The molecule has 1 aromatic rings. The third-order valence-corrected chi connectivity index (χ3v) is 3.38. The lowest BCUT2D eigenvalue weighted by Gasteiger charge is -2.19. The van der Waals surface area contributed by atoms with E-state index in [1.165, 1.54) is 0 Å². The first-order valence-electron chi connectivity index (χ1n) is 5.27. The average Bonchev–Trinajstić information content (AvgIpc) is 2.61. The van der Waals surface area contributed by atoms with E-state index in [0.29, 0.717) is 0 Å². The summed E-state index contributed by atoms with van der Waals surface area (Å²) in [5.41, 5.74) is 0.911. The lowest BCUT2D eigenvalue weighted by atomic mass is 10.2. The van der Waals surface area contributed by atoms with Crippen LogP contribution in [-0.2, 0) is 6.54 Å². The van der Waals surface area contributed by atoms with E-state index < -0.39 is 6.10 Å². The maximum Gasteiger partial charge on any atom is 0.0910 e. The van der Waals surface area contributed by atoms with Crippen molar-refractivity contribution in [3.8, 4) is 0 Å². The summed E-state index contributed by atoms with van der Waals surface area (Å²) in [5, 5.41) is 14.1. The number of hydrogen-bond acceptors (Lipinski definition) is 3. The topological polar surface area (TPSA) is 38.0 Å². The summed E-state index contributed by atoms with van der Waals surface area (Å²) < 4.78 is 2.03. The van der Waals surface area contributed by atoms with Gasteiger partial charge < -0.3 is 5.11 Å². The Bertz CT molecular complexity index is 304. The van der Waals surface area contributed by atoms with Crippen molar-refractivity contribution in [1.82, 2.24) is 9.78 Å². The lowest BCUT2D eigenvalue weighted by molar-refractivity contribution is 0.203. The van der Waals surface area contributed by atoms with Crippen molar-refractivity contribution in [2.75, 3.05) is 5.75 Å². The number of aromatic nitrogens is 2. The van der Waals surface area contributed by atoms with Crippen molar-refractivity contribution in [2.45, 2.75) is 45.1 Å². The molecule has 1 unspecified atom stereocenters. The van der Waals surface area contributed by atoms with Crippen LogP contribution in [0.4, 0.5) is 0 Å². The van der Waals surface area contributed by atoms with Gasteiger partial charge in [0.2, 0.25) is 0 Å². The largest absolute Gasteiger partial charge is 0.387 e. The number of rotatable bonds is 4. The minimum Gasteiger partial charge on any atom is -0.387 e. The Balaban J connectivity index is 2.50. The van der Waals surface area contributed by atoms with Crippen molar-refractivity contribution >= 4 is 11.8 Å². The molecule has 0 bridgehead atoms. The van der Waals surface area contributed by atoms with Gasteiger partial charge in [-0.15, -0.1) is 0 Å². The normalized spacial score (nSPS) is 14.2. The zero-order valence-corrected chi connectivity index (χ0v) is 10.7. The van der Waals surface area contributed by atoms with Crippen LogP contribution in [0.3, 0.4) is 0 Å². The van der Waals surface area contributed by atoms with Crippen LogP contribution in [0.15, 0.2) is 12.4 Å². The van der Waals surface area contributed by atoms with Gasteiger partial charge in [-0.3, -0.25) is 4.68 Å². The zero-order chi connectivity index (χ0) is 11.5. The monoisotopic (exact) mass is 228 g/mol. The van der Waals surface area contributed by atoms with Crippen LogP contribution in [-0.4, -0.2) is 25.4 Å². The highest BCUT2D eigenvalue weighted by atomic mass is 32.2. The number of aliphatic hydroxyl groups excluding tert-OH is 1. The summed E-state index contributed by atoms with van der Waals surface area (Å²) in [6, 6.07) is 0. The standard InChI is InChI=1S/C11H20N2OS/c1-5-13-7-9(6-12-13)10(14)8-15-11(2,3)4/h6-7,10,14H,5,8H2,1-4H3. The first kappa shape index (κ1) is 12.6. The average molecular weight is 228 g/mol. The van der Waals surface area contributed by atoms with Crippen molar-refractivity contribution in [2.24, 2.45) is 0 Å². The highest BCUT2D eigenvalue weighted by molar-refractivity contribution is 8.00. The highest BCUT2D eigenvalue weighted by Gasteiger charge is 2.16. The Morgan fingerprint density at radius 2 is 2.20 bits per heavy atom. The van der Waals surface area contributed by atoms with Gasteiger partial charge in [0, 0.05) is 28.8 Å². The summed E-state index contributed by atoms with van der Waals surface area (Å²) in [6.45, 7) is 9.34. The Hall–Kier alpha value is -0.480. The molecule has 0 saturated carbocycles. The molecule has 1 aromatic heterocycles. The first-order valence-corrected chi connectivity index (χ1v) is 6.25. The van der Waals surface area contributed by atoms with Gasteiger partial charge in [-0.2, -0.15) is 16.9 Å². The van der Waals surface area contributed by atoms with Gasteiger partial charge in [-0.05, 0) is 6.92 Å². The van der Waals surface area contributed by atoms with Crippen LogP contribution in [0.5, 0.6) is 0 Å². The van der Waals surface area contributed by atoms with E-state index in [9.17, 15) is 5.11 Å². The molecule has 0 amide bonds. The molecule has 0 radical (unpaired) electrons. The maximum atomic E-state index is 9.92. The second-order valence-corrected chi connectivity index (χ2v) is 6.42. The number of hydrogen-bond donors (Lipinski definition) is 1. The fraction of sp³-hybridized carbons (Fsp3) is 0.727. The minimum atomic E-state index is -0.408. The van der Waals surface area contributed by atoms with Crippen LogP contribution in [0.1, 0.15) is 39.4 Å². The van der Waals surface area contributed by atoms with Gasteiger partial charge in [0.15, 0.2) is 0 Å². The van der Waals surface area contributed by atoms with E-state index in [1.807, 2.05) is 17.8 Å². The molecule has 3 nitrogen and oxygen atoms in total. The predicted octanol–water partition coefficient (Wildman–Crippen LogP) is 2.47. The third-order valence-electron chi connectivity index (χ3n) is 2.04. The van der Waals surface area contributed by atoms with Crippen molar-refractivity contribution in [3.05, 3.63) is 18.0 Å². The molecule has 0 saturated heterocycles. The van der Waals surface area contributed by atoms with E-state index in [-0.39, 0.29) is 4.75 Å². The second-order valence-electron chi connectivity index (χ2n) is 4.57. The van der Waals surface area contributed by atoms with E-state index in [0.717, 1.165) is 17.9 Å². The SMILES string of the molecule is CCn1cc(C(O)CSC(C)(C)C)cn1. The predicted molar refractivity (Wildman–Crippen MR) is 65.1 cm³/mol. The molecular formula is C11H20N2OS. The van der Waals surface area contributed by atoms with Crippen LogP contribution >= 0.6 is 11.8 Å². The van der Waals surface area contributed by atoms with Crippen molar-refractivity contribution in [3.63, 3.8) is 0 Å². The van der Waals surface area contributed by atoms with Crippen LogP contribution in [0, 0.1) is 0 Å². The molecule has 0 aromatic carbocycles. The summed E-state index contributed by atoms with van der Waals surface area (Å²) in [4.78, 5) is 0. The Labute approximate surface area is 95.9 Å². The summed E-state index contributed by atoms with van der Waals surface area (Å²) in [5.74, 6) is 0.721. The van der Waals surface area contributed by atoms with Gasteiger partial charge in [-0.1, -0.05) is 20.8 Å². The maximum absolute atomic E-state index is 9.92. The van der Waals surface area contributed by atoms with E-state index in [1.54, 1.807) is 18.0 Å². The van der Waals surface area contributed by atoms with Crippen molar-refractivity contribution in [1.29, 1.82) is 0 Å². The van der Waals surface area contributed by atoms with Crippen LogP contribution in [0.25, 0.3) is 0 Å². The first-order chi connectivity index (χ1) is 6.92. The fourth-order valence-corrected chi connectivity index (χ4v) is 2.00. The minimum absolute atomic E-state index is 0.196. The van der Waals surface area contributed by atoms with Crippen LogP contribution < -0.4 is 0 Å². The number of aliphatic hydroxyl groups is 1. The number of aryl methyl sites for hydroxylation is 1. The van der Waals surface area contributed by atoms with Gasteiger partial charge in [-0.25, -0.2) is 0 Å². The summed E-state index contributed by atoms with van der Waals surface area (Å²) in [6.07, 6.45) is 3.25. The third kappa shape index (κ3) is 4.26. The molecule has 86 valence electrons. The van der Waals surface area contributed by atoms with E-state index in [2.05, 4.69) is 25.9 Å².